The Morgan fingerprint density at radius 3 is 2.62 bits per heavy atom. The normalized spacial score (nSPS) is 17.4. The van der Waals surface area contributed by atoms with Crippen molar-refractivity contribution in [2.45, 2.75) is 70.5 Å². The lowest BCUT2D eigenvalue weighted by molar-refractivity contribution is 0.342. The molecule has 1 fully saturated rings. The molecule has 0 amide bonds. The van der Waals surface area contributed by atoms with Crippen molar-refractivity contribution in [2.24, 2.45) is 0 Å². The average molecular weight is 331 g/mol. The maximum atomic E-state index is 13.0. The molecule has 4 nitrogen and oxygen atoms in total. The second kappa shape index (κ2) is 6.77. The fourth-order valence-corrected chi connectivity index (χ4v) is 5.95. The highest BCUT2D eigenvalue weighted by Gasteiger charge is 2.32. The molecule has 1 aromatic rings. The molecular weight excluding hydrogens is 304 g/mol. The monoisotopic (exact) mass is 330 g/mol. The minimum atomic E-state index is -3.40. The van der Waals surface area contributed by atoms with E-state index in [-0.39, 0.29) is 6.04 Å². The maximum Gasteiger partial charge on any atom is 0.244 e. The summed E-state index contributed by atoms with van der Waals surface area (Å²) in [6.45, 7) is 8.99. The Morgan fingerprint density at radius 2 is 2.10 bits per heavy atom. The SMILES string of the molecule is CCC(C)N(CC)S(=O)(=O)c1c(C)csc1CNC1CC1. The molecule has 0 aliphatic heterocycles. The first-order valence-electron chi connectivity index (χ1n) is 7.74. The lowest BCUT2D eigenvalue weighted by Crippen LogP contribution is -2.38. The van der Waals surface area contributed by atoms with Gasteiger partial charge in [-0.3, -0.25) is 0 Å². The van der Waals surface area contributed by atoms with Crippen LogP contribution in [0.1, 0.15) is 50.5 Å². The van der Waals surface area contributed by atoms with E-state index in [0.717, 1.165) is 16.9 Å². The molecular formula is C15H26N2O2S2. The van der Waals surface area contributed by atoms with Gasteiger partial charge in [0.05, 0.1) is 0 Å². The fourth-order valence-electron chi connectivity index (χ4n) is 2.52. The van der Waals surface area contributed by atoms with Crippen LogP contribution < -0.4 is 5.32 Å². The Kier molecular flexibility index (Phi) is 5.46. The summed E-state index contributed by atoms with van der Waals surface area (Å²) in [6.07, 6.45) is 3.24. The van der Waals surface area contributed by atoms with Crippen LogP contribution in [0.3, 0.4) is 0 Å². The first-order chi connectivity index (χ1) is 9.91. The first-order valence-corrected chi connectivity index (χ1v) is 10.1. The molecule has 1 saturated carbocycles. The molecule has 1 heterocycles. The molecule has 6 heteroatoms. The second-order valence-corrected chi connectivity index (χ2v) is 8.58. The lowest BCUT2D eigenvalue weighted by atomic mass is 10.3. The standard InChI is InChI=1S/C15H26N2O2S2/c1-5-12(4)17(6-2)21(18,19)15-11(3)10-20-14(15)9-16-13-7-8-13/h10,12-13,16H,5-9H2,1-4H3. The van der Waals surface area contributed by atoms with E-state index < -0.39 is 10.0 Å². The van der Waals surface area contributed by atoms with Gasteiger partial charge in [0, 0.05) is 30.1 Å². The molecule has 0 saturated heterocycles. The number of rotatable bonds is 8. The van der Waals surface area contributed by atoms with E-state index in [9.17, 15) is 8.42 Å². The molecule has 1 aromatic heterocycles. The molecule has 0 radical (unpaired) electrons. The Hall–Kier alpha value is -0.430. The highest BCUT2D eigenvalue weighted by Crippen LogP contribution is 2.31. The van der Waals surface area contributed by atoms with Crippen LogP contribution in [0, 0.1) is 6.92 Å². The van der Waals surface area contributed by atoms with Crippen LogP contribution in [-0.4, -0.2) is 31.4 Å². The van der Waals surface area contributed by atoms with E-state index in [1.165, 1.54) is 12.8 Å². The van der Waals surface area contributed by atoms with Gasteiger partial charge in [-0.25, -0.2) is 8.42 Å². The number of hydrogen-bond donors (Lipinski definition) is 1. The molecule has 2 rings (SSSR count). The first kappa shape index (κ1) is 16.9. The van der Waals surface area contributed by atoms with Crippen molar-refractivity contribution in [3.05, 3.63) is 15.8 Å². The van der Waals surface area contributed by atoms with E-state index >= 15 is 0 Å². The smallest absolute Gasteiger partial charge is 0.244 e. The molecule has 0 bridgehead atoms. The van der Waals surface area contributed by atoms with Crippen molar-refractivity contribution < 1.29 is 8.42 Å². The van der Waals surface area contributed by atoms with Gasteiger partial charge in [-0.15, -0.1) is 11.3 Å². The predicted octanol–water partition coefficient (Wildman–Crippen LogP) is 3.12. The average Bonchev–Trinajstić information content (AvgIpc) is 3.19. The summed E-state index contributed by atoms with van der Waals surface area (Å²) in [7, 11) is -3.40. The van der Waals surface area contributed by atoms with Crippen LogP contribution in [0.4, 0.5) is 0 Å². The van der Waals surface area contributed by atoms with Gasteiger partial charge in [0.1, 0.15) is 4.90 Å². The summed E-state index contributed by atoms with van der Waals surface area (Å²) in [6, 6.07) is 0.614. The van der Waals surface area contributed by atoms with Crippen LogP contribution >= 0.6 is 11.3 Å². The van der Waals surface area contributed by atoms with Crippen LogP contribution in [0.5, 0.6) is 0 Å². The number of thiophene rings is 1. The second-order valence-electron chi connectivity index (χ2n) is 5.79. The Bertz CT molecular complexity index is 576. The van der Waals surface area contributed by atoms with E-state index in [1.54, 1.807) is 15.6 Å². The lowest BCUT2D eigenvalue weighted by Gasteiger charge is -2.27. The molecule has 120 valence electrons. The molecule has 0 spiro atoms. The zero-order chi connectivity index (χ0) is 15.6. The summed E-state index contributed by atoms with van der Waals surface area (Å²) >= 11 is 1.55. The summed E-state index contributed by atoms with van der Waals surface area (Å²) in [5, 5.41) is 5.39. The molecule has 21 heavy (non-hydrogen) atoms. The van der Waals surface area contributed by atoms with Crippen LogP contribution in [0.25, 0.3) is 0 Å². The van der Waals surface area contributed by atoms with Crippen molar-refractivity contribution in [2.75, 3.05) is 6.54 Å². The van der Waals surface area contributed by atoms with E-state index in [0.29, 0.717) is 24.0 Å². The quantitative estimate of drug-likeness (QED) is 0.797. The van der Waals surface area contributed by atoms with Crippen LogP contribution in [0.2, 0.25) is 0 Å². The van der Waals surface area contributed by atoms with Crippen molar-refractivity contribution in [3.63, 3.8) is 0 Å². The van der Waals surface area contributed by atoms with Crippen LogP contribution in [0.15, 0.2) is 10.3 Å². The third-order valence-electron chi connectivity index (χ3n) is 4.08. The van der Waals surface area contributed by atoms with Crippen molar-refractivity contribution in [1.82, 2.24) is 9.62 Å². The number of sulfonamides is 1. The Balaban J connectivity index is 2.31. The molecule has 0 aromatic carbocycles. The van der Waals surface area contributed by atoms with E-state index in [4.69, 9.17) is 0 Å². The van der Waals surface area contributed by atoms with Crippen molar-refractivity contribution >= 4 is 21.4 Å². The summed E-state index contributed by atoms with van der Waals surface area (Å²) in [5.74, 6) is 0. The van der Waals surface area contributed by atoms with Gasteiger partial charge in [0.25, 0.3) is 0 Å². The molecule has 1 atom stereocenters. The van der Waals surface area contributed by atoms with Gasteiger partial charge in [0.2, 0.25) is 10.0 Å². The van der Waals surface area contributed by atoms with Gasteiger partial charge in [0.15, 0.2) is 0 Å². The zero-order valence-corrected chi connectivity index (χ0v) is 15.0. The topological polar surface area (TPSA) is 49.4 Å². The number of nitrogens with one attached hydrogen (secondary N) is 1. The molecule has 1 unspecified atom stereocenters. The largest absolute Gasteiger partial charge is 0.309 e. The number of nitrogens with zero attached hydrogens (tertiary/aromatic N) is 1. The highest BCUT2D eigenvalue weighted by molar-refractivity contribution is 7.89. The Morgan fingerprint density at radius 1 is 1.43 bits per heavy atom. The van der Waals surface area contributed by atoms with E-state index in [2.05, 4.69) is 5.32 Å². The zero-order valence-electron chi connectivity index (χ0n) is 13.3. The summed E-state index contributed by atoms with van der Waals surface area (Å²) in [4.78, 5) is 1.48. The number of hydrogen-bond acceptors (Lipinski definition) is 4. The minimum absolute atomic E-state index is 0.0311. The molecule has 1 N–H and O–H groups in total. The van der Waals surface area contributed by atoms with Crippen molar-refractivity contribution in [1.29, 1.82) is 0 Å². The third kappa shape index (κ3) is 3.67. The Labute approximate surface area is 132 Å². The van der Waals surface area contributed by atoms with Crippen LogP contribution in [-0.2, 0) is 16.6 Å². The fraction of sp³-hybridized carbons (Fsp3) is 0.733. The minimum Gasteiger partial charge on any atom is -0.309 e. The summed E-state index contributed by atoms with van der Waals surface area (Å²) < 4.78 is 27.7. The van der Waals surface area contributed by atoms with Gasteiger partial charge in [-0.2, -0.15) is 4.31 Å². The summed E-state index contributed by atoms with van der Waals surface area (Å²) in [5.41, 5.74) is 0.870. The van der Waals surface area contributed by atoms with E-state index in [1.807, 2.05) is 33.1 Å². The van der Waals surface area contributed by atoms with Gasteiger partial charge in [-0.05, 0) is 44.1 Å². The van der Waals surface area contributed by atoms with Crippen molar-refractivity contribution in [3.8, 4) is 0 Å². The third-order valence-corrected chi connectivity index (χ3v) is 7.63. The van der Waals surface area contributed by atoms with Gasteiger partial charge >= 0.3 is 0 Å². The van der Waals surface area contributed by atoms with Gasteiger partial charge in [-0.1, -0.05) is 13.8 Å². The number of aryl methyl sites for hydroxylation is 1. The van der Waals surface area contributed by atoms with Gasteiger partial charge < -0.3 is 5.32 Å². The predicted molar refractivity (Wildman–Crippen MR) is 88.2 cm³/mol. The maximum absolute atomic E-state index is 13.0. The molecule has 1 aliphatic rings. The highest BCUT2D eigenvalue weighted by atomic mass is 32.2. The molecule has 1 aliphatic carbocycles.